The van der Waals surface area contributed by atoms with E-state index in [0.29, 0.717) is 0 Å². The van der Waals surface area contributed by atoms with Gasteiger partial charge >= 0.3 is 7.82 Å². The third-order valence-corrected chi connectivity index (χ3v) is 4.07. The topological polar surface area (TPSA) is 267 Å². The zero-order valence-electron chi connectivity index (χ0n) is 14.2. The number of hydrogen-bond donors (Lipinski definition) is 11. The maximum absolute atomic E-state index is 10.00. The first-order valence-corrected chi connectivity index (χ1v) is 9.40. The molecule has 15 nitrogen and oxygen atoms in total. The summed E-state index contributed by atoms with van der Waals surface area (Å²) in [5, 5.41) is 76.7. The van der Waals surface area contributed by atoms with Crippen LogP contribution in [0.3, 0.4) is 0 Å². The Balaban J connectivity index is 0.000000696. The highest BCUT2D eigenvalue weighted by atomic mass is 31.2. The number of phosphoric acid groups is 1. The lowest BCUT2D eigenvalue weighted by molar-refractivity contribution is -0.383. The van der Waals surface area contributed by atoms with Crippen LogP contribution in [-0.4, -0.2) is 130 Å². The number of aliphatic hydroxyl groups is 8. The molecular formula is C12H25O15P. The van der Waals surface area contributed by atoms with Crippen molar-refractivity contribution in [2.75, 3.05) is 19.8 Å². The number of aliphatic hydroxyl groups excluding tert-OH is 8. The van der Waals surface area contributed by atoms with Gasteiger partial charge in [-0.3, -0.25) is 0 Å². The van der Waals surface area contributed by atoms with Crippen LogP contribution in [0.1, 0.15) is 0 Å². The Morgan fingerprint density at radius 1 is 0.821 bits per heavy atom. The van der Waals surface area contributed by atoms with Crippen LogP contribution < -0.4 is 0 Å². The molecule has 0 bridgehead atoms. The van der Waals surface area contributed by atoms with Crippen molar-refractivity contribution >= 4 is 7.82 Å². The van der Waals surface area contributed by atoms with Gasteiger partial charge in [0.15, 0.2) is 6.29 Å². The fourth-order valence-corrected chi connectivity index (χ4v) is 2.63. The number of ether oxygens (including phenoxy) is 3. The molecular weight excluding hydrogens is 415 g/mol. The molecule has 0 aromatic carbocycles. The Bertz CT molecular complexity index is 519. The molecule has 0 amide bonds. The molecule has 0 aromatic rings. The first-order valence-electron chi connectivity index (χ1n) is 7.83. The van der Waals surface area contributed by atoms with Gasteiger partial charge in [0.1, 0.15) is 49.3 Å². The van der Waals surface area contributed by atoms with Crippen molar-refractivity contribution in [3.63, 3.8) is 0 Å². The van der Waals surface area contributed by atoms with E-state index in [-0.39, 0.29) is 0 Å². The number of rotatable bonds is 5. The summed E-state index contributed by atoms with van der Waals surface area (Å²) in [4.78, 5) is 21.6. The lowest BCUT2D eigenvalue weighted by Crippen LogP contribution is -2.62. The highest BCUT2D eigenvalue weighted by molar-refractivity contribution is 7.45. The van der Waals surface area contributed by atoms with E-state index in [2.05, 4.69) is 0 Å². The second kappa shape index (κ2) is 10.1. The summed E-state index contributed by atoms with van der Waals surface area (Å²) in [6, 6.07) is 0. The maximum atomic E-state index is 10.00. The van der Waals surface area contributed by atoms with Gasteiger partial charge in [-0.2, -0.15) is 0 Å². The molecule has 168 valence electrons. The standard InChI is InChI=1S/C12H22O11.H3O4P/c13-1-4-6(16)8(18)9(19)11(21-4)23-12(3-15)10(20)7(17)5(2-14)22-12;1-5(2,3)4/h4-11,13-20H,1-3H2;(H3,1,2,3,4)/t4-,5-,6-,7-,8+,9-,10+,11-,12+;/m1./s1. The summed E-state index contributed by atoms with van der Waals surface area (Å²) in [6.07, 6.45) is -12.7. The molecule has 11 N–H and O–H groups in total. The van der Waals surface area contributed by atoms with Crippen LogP contribution in [0.25, 0.3) is 0 Å². The molecule has 0 spiro atoms. The van der Waals surface area contributed by atoms with E-state index < -0.39 is 82.4 Å². The molecule has 28 heavy (non-hydrogen) atoms. The summed E-state index contributed by atoms with van der Waals surface area (Å²) in [5.74, 6) is -2.22. The second-order valence-corrected chi connectivity index (χ2v) is 7.10. The van der Waals surface area contributed by atoms with Gasteiger partial charge in [-0.25, -0.2) is 4.57 Å². The fraction of sp³-hybridized carbons (Fsp3) is 1.00. The summed E-state index contributed by atoms with van der Waals surface area (Å²) >= 11 is 0. The largest absolute Gasteiger partial charge is 0.466 e. The van der Waals surface area contributed by atoms with E-state index in [1.165, 1.54) is 0 Å². The van der Waals surface area contributed by atoms with E-state index in [9.17, 15) is 30.6 Å². The molecule has 0 aromatic heterocycles. The van der Waals surface area contributed by atoms with Gasteiger partial charge < -0.3 is 69.7 Å². The minimum Gasteiger partial charge on any atom is -0.394 e. The molecule has 2 saturated heterocycles. The van der Waals surface area contributed by atoms with Crippen LogP contribution in [0.2, 0.25) is 0 Å². The third kappa shape index (κ3) is 6.09. The molecule has 0 radical (unpaired) electrons. The van der Waals surface area contributed by atoms with Crippen molar-refractivity contribution in [2.24, 2.45) is 0 Å². The first-order chi connectivity index (χ1) is 12.8. The van der Waals surface area contributed by atoms with Crippen LogP contribution >= 0.6 is 7.82 Å². The van der Waals surface area contributed by atoms with Crippen LogP contribution in [0.5, 0.6) is 0 Å². The Kier molecular flexibility index (Phi) is 9.29. The highest BCUT2D eigenvalue weighted by Gasteiger charge is 2.58. The zero-order valence-corrected chi connectivity index (χ0v) is 15.1. The predicted molar refractivity (Wildman–Crippen MR) is 82.9 cm³/mol. The van der Waals surface area contributed by atoms with Gasteiger partial charge in [0.05, 0.1) is 13.2 Å². The average Bonchev–Trinajstić information content (AvgIpc) is 2.86. The van der Waals surface area contributed by atoms with Crippen molar-refractivity contribution < 1.29 is 74.3 Å². The van der Waals surface area contributed by atoms with Gasteiger partial charge in [0.2, 0.25) is 5.79 Å². The quantitative estimate of drug-likeness (QED) is 0.177. The Labute approximate surface area is 157 Å². The summed E-state index contributed by atoms with van der Waals surface area (Å²) in [6.45, 7) is -2.32. The summed E-state index contributed by atoms with van der Waals surface area (Å²) < 4.78 is 24.3. The van der Waals surface area contributed by atoms with Gasteiger partial charge in [0.25, 0.3) is 0 Å². The van der Waals surface area contributed by atoms with Gasteiger partial charge in [-0.05, 0) is 0 Å². The highest BCUT2D eigenvalue weighted by Crippen LogP contribution is 2.35. The molecule has 0 unspecified atom stereocenters. The van der Waals surface area contributed by atoms with Crippen LogP contribution in [-0.2, 0) is 18.8 Å². The zero-order chi connectivity index (χ0) is 21.9. The fourth-order valence-electron chi connectivity index (χ4n) is 2.63. The molecule has 2 aliphatic rings. The summed E-state index contributed by atoms with van der Waals surface area (Å²) in [7, 11) is -4.64. The lowest BCUT2D eigenvalue weighted by Gasteiger charge is -2.43. The van der Waals surface area contributed by atoms with Crippen LogP contribution in [0.15, 0.2) is 0 Å². The van der Waals surface area contributed by atoms with E-state index in [0.717, 1.165) is 0 Å². The Morgan fingerprint density at radius 3 is 1.71 bits per heavy atom. The number of hydrogen-bond acceptors (Lipinski definition) is 12. The molecule has 0 saturated carbocycles. The Morgan fingerprint density at radius 2 is 1.32 bits per heavy atom. The monoisotopic (exact) mass is 440 g/mol. The van der Waals surface area contributed by atoms with Crippen molar-refractivity contribution in [3.05, 3.63) is 0 Å². The lowest BCUT2D eigenvalue weighted by atomic mass is 9.99. The smallest absolute Gasteiger partial charge is 0.394 e. The van der Waals surface area contributed by atoms with E-state index in [1.807, 2.05) is 0 Å². The first kappa shape index (κ1) is 25.7. The normalized spacial score (nSPS) is 44.1. The Hall–Kier alpha value is -0.330. The minimum atomic E-state index is -4.64. The van der Waals surface area contributed by atoms with E-state index >= 15 is 0 Å². The molecule has 0 aliphatic carbocycles. The molecule has 2 heterocycles. The molecule has 2 aliphatic heterocycles. The van der Waals surface area contributed by atoms with Crippen molar-refractivity contribution in [1.29, 1.82) is 0 Å². The minimum absolute atomic E-state index is 0.669. The van der Waals surface area contributed by atoms with Gasteiger partial charge in [-0.15, -0.1) is 0 Å². The third-order valence-electron chi connectivity index (χ3n) is 4.07. The van der Waals surface area contributed by atoms with Gasteiger partial charge in [0, 0.05) is 0 Å². The van der Waals surface area contributed by atoms with E-state index in [4.69, 9.17) is 43.7 Å². The summed E-state index contributed by atoms with van der Waals surface area (Å²) in [5.41, 5.74) is 0. The van der Waals surface area contributed by atoms with Gasteiger partial charge in [-0.1, -0.05) is 0 Å². The molecule has 9 atom stereocenters. The predicted octanol–water partition coefficient (Wildman–Crippen LogP) is -6.32. The van der Waals surface area contributed by atoms with E-state index in [1.54, 1.807) is 0 Å². The molecule has 2 fully saturated rings. The maximum Gasteiger partial charge on any atom is 0.466 e. The van der Waals surface area contributed by atoms with Crippen LogP contribution in [0.4, 0.5) is 0 Å². The average molecular weight is 440 g/mol. The molecule has 2 rings (SSSR count). The van der Waals surface area contributed by atoms with Crippen LogP contribution in [0, 0.1) is 0 Å². The van der Waals surface area contributed by atoms with Crippen molar-refractivity contribution in [1.82, 2.24) is 0 Å². The molecule has 16 heteroatoms. The van der Waals surface area contributed by atoms with Crippen molar-refractivity contribution in [3.8, 4) is 0 Å². The SMILES string of the molecule is O=P(O)(O)O.OC[C@H]1O[C@@](CO)(O[C@H]2O[C@H](CO)[C@@H](O)[C@H](O)[C@H]2O)[C@@H](O)[C@@H]1O. The van der Waals surface area contributed by atoms with Crippen molar-refractivity contribution in [2.45, 2.75) is 54.8 Å². The second-order valence-electron chi connectivity index (χ2n) is 6.07.